The SMILES string of the molecule is COc1cccc(/C=C2\SC(=O)N(Cc3ccc(Br)cc3)C2=O)c1O. The minimum Gasteiger partial charge on any atom is -0.504 e. The standard InChI is InChI=1S/C18H14BrNO4S/c1-24-14-4-2-3-12(16(14)21)9-15-17(22)20(18(23)25-15)10-11-5-7-13(19)8-6-11/h2-9,21H,10H2,1H3/b15-9-. The number of halogens is 1. The predicted octanol–water partition coefficient (Wildman–Crippen LogP) is 4.40. The number of imide groups is 1. The second-order valence-electron chi connectivity index (χ2n) is 5.29. The molecule has 1 fully saturated rings. The lowest BCUT2D eigenvalue weighted by molar-refractivity contribution is -0.123. The molecule has 0 saturated carbocycles. The van der Waals surface area contributed by atoms with Gasteiger partial charge in [0.05, 0.1) is 18.6 Å². The van der Waals surface area contributed by atoms with E-state index in [1.165, 1.54) is 18.1 Å². The summed E-state index contributed by atoms with van der Waals surface area (Å²) in [4.78, 5) is 26.2. The third-order valence-corrected chi connectivity index (χ3v) is 5.10. The molecule has 0 aromatic heterocycles. The van der Waals surface area contributed by atoms with Gasteiger partial charge in [0.1, 0.15) is 0 Å². The van der Waals surface area contributed by atoms with E-state index in [1.807, 2.05) is 24.3 Å². The number of para-hydroxylation sites is 1. The van der Waals surface area contributed by atoms with Crippen LogP contribution >= 0.6 is 27.7 Å². The second-order valence-corrected chi connectivity index (χ2v) is 7.20. The number of carbonyl (C=O) groups excluding carboxylic acids is 2. The summed E-state index contributed by atoms with van der Waals surface area (Å²) in [5.74, 6) is -0.132. The first-order valence-corrected chi connectivity index (χ1v) is 8.96. The van der Waals surface area contributed by atoms with Crippen LogP contribution in [0, 0.1) is 0 Å². The highest BCUT2D eigenvalue weighted by atomic mass is 79.9. The lowest BCUT2D eigenvalue weighted by Gasteiger charge is -2.12. The van der Waals surface area contributed by atoms with E-state index >= 15 is 0 Å². The van der Waals surface area contributed by atoms with Crippen molar-refractivity contribution in [3.8, 4) is 11.5 Å². The van der Waals surface area contributed by atoms with Gasteiger partial charge in [0.15, 0.2) is 11.5 Å². The van der Waals surface area contributed by atoms with Crippen molar-refractivity contribution in [1.82, 2.24) is 4.90 Å². The molecule has 1 aliphatic heterocycles. The molecule has 7 heteroatoms. The number of hydrogen-bond donors (Lipinski definition) is 1. The van der Waals surface area contributed by atoms with Crippen LogP contribution in [-0.4, -0.2) is 28.3 Å². The summed E-state index contributed by atoms with van der Waals surface area (Å²) in [6.45, 7) is 0.208. The van der Waals surface area contributed by atoms with Gasteiger partial charge in [-0.25, -0.2) is 0 Å². The number of amides is 2. The van der Waals surface area contributed by atoms with E-state index in [4.69, 9.17) is 4.74 Å². The van der Waals surface area contributed by atoms with E-state index in [-0.39, 0.29) is 28.3 Å². The molecule has 2 aromatic rings. The molecule has 0 atom stereocenters. The summed E-state index contributed by atoms with van der Waals surface area (Å²) in [7, 11) is 1.45. The lowest BCUT2D eigenvalue weighted by atomic mass is 10.1. The van der Waals surface area contributed by atoms with Gasteiger partial charge in [0, 0.05) is 10.0 Å². The number of nitrogens with zero attached hydrogens (tertiary/aromatic N) is 1. The Morgan fingerprint density at radius 3 is 2.60 bits per heavy atom. The van der Waals surface area contributed by atoms with Gasteiger partial charge in [0.2, 0.25) is 0 Å². The van der Waals surface area contributed by atoms with E-state index in [1.54, 1.807) is 18.2 Å². The molecule has 0 spiro atoms. The van der Waals surface area contributed by atoms with E-state index in [9.17, 15) is 14.7 Å². The predicted molar refractivity (Wildman–Crippen MR) is 100 cm³/mol. The number of hydrogen-bond acceptors (Lipinski definition) is 5. The van der Waals surface area contributed by atoms with Gasteiger partial charge in [0.25, 0.3) is 11.1 Å². The zero-order valence-corrected chi connectivity index (χ0v) is 15.6. The minimum absolute atomic E-state index is 0.0651. The van der Waals surface area contributed by atoms with Gasteiger partial charge in [-0.15, -0.1) is 0 Å². The first-order valence-electron chi connectivity index (χ1n) is 7.35. The van der Waals surface area contributed by atoms with Crippen LogP contribution in [0.25, 0.3) is 6.08 Å². The van der Waals surface area contributed by atoms with E-state index in [0.717, 1.165) is 21.8 Å². The summed E-state index contributed by atoms with van der Waals surface area (Å²) in [5, 5.41) is 9.80. The number of phenolic OH excluding ortho intramolecular Hbond substituents is 1. The van der Waals surface area contributed by atoms with E-state index in [2.05, 4.69) is 15.9 Å². The number of benzene rings is 2. The molecule has 1 N–H and O–H groups in total. The van der Waals surface area contributed by atoms with Crippen molar-refractivity contribution in [2.24, 2.45) is 0 Å². The van der Waals surface area contributed by atoms with Crippen LogP contribution in [-0.2, 0) is 11.3 Å². The smallest absolute Gasteiger partial charge is 0.293 e. The summed E-state index contributed by atoms with van der Waals surface area (Å²) in [6.07, 6.45) is 1.50. The Kier molecular flexibility index (Phi) is 5.15. The Balaban J connectivity index is 1.84. The largest absolute Gasteiger partial charge is 0.504 e. The molecule has 0 bridgehead atoms. The van der Waals surface area contributed by atoms with Crippen LogP contribution in [0.1, 0.15) is 11.1 Å². The van der Waals surface area contributed by atoms with Crippen LogP contribution < -0.4 is 4.74 Å². The van der Waals surface area contributed by atoms with Crippen molar-refractivity contribution in [3.05, 3.63) is 63.0 Å². The van der Waals surface area contributed by atoms with Gasteiger partial charge < -0.3 is 9.84 Å². The number of thioether (sulfide) groups is 1. The lowest BCUT2D eigenvalue weighted by Crippen LogP contribution is -2.27. The molecule has 3 rings (SSSR count). The van der Waals surface area contributed by atoms with Crippen LogP contribution in [0.5, 0.6) is 11.5 Å². The van der Waals surface area contributed by atoms with Crippen molar-refractivity contribution in [1.29, 1.82) is 0 Å². The zero-order chi connectivity index (χ0) is 18.0. The molecule has 1 heterocycles. The molecule has 1 aliphatic rings. The fraction of sp³-hybridized carbons (Fsp3) is 0.111. The van der Waals surface area contributed by atoms with Crippen LogP contribution in [0.2, 0.25) is 0 Å². The molecule has 2 amide bonds. The third-order valence-electron chi connectivity index (χ3n) is 3.66. The van der Waals surface area contributed by atoms with Crippen LogP contribution in [0.3, 0.4) is 0 Å². The molecule has 5 nitrogen and oxygen atoms in total. The van der Waals surface area contributed by atoms with Crippen molar-refractivity contribution in [3.63, 3.8) is 0 Å². The van der Waals surface area contributed by atoms with Crippen LogP contribution in [0.15, 0.2) is 51.8 Å². The van der Waals surface area contributed by atoms with Gasteiger partial charge in [-0.05, 0) is 41.6 Å². The fourth-order valence-corrected chi connectivity index (χ4v) is 3.46. The Hall–Kier alpha value is -2.25. The van der Waals surface area contributed by atoms with E-state index < -0.39 is 0 Å². The first-order chi connectivity index (χ1) is 12.0. The van der Waals surface area contributed by atoms with E-state index in [0.29, 0.717) is 11.3 Å². The molecule has 0 unspecified atom stereocenters. The monoisotopic (exact) mass is 419 g/mol. The number of phenols is 1. The molecule has 0 radical (unpaired) electrons. The quantitative estimate of drug-likeness (QED) is 0.743. The molecule has 1 saturated heterocycles. The summed E-state index contributed by atoms with van der Waals surface area (Å²) >= 11 is 4.21. The first kappa shape index (κ1) is 17.6. The topological polar surface area (TPSA) is 66.8 Å². The Morgan fingerprint density at radius 2 is 1.92 bits per heavy atom. The van der Waals surface area contributed by atoms with Crippen molar-refractivity contribution < 1.29 is 19.4 Å². The van der Waals surface area contributed by atoms with Gasteiger partial charge >= 0.3 is 0 Å². The summed E-state index contributed by atoms with van der Waals surface area (Å²) in [6, 6.07) is 12.4. The highest BCUT2D eigenvalue weighted by molar-refractivity contribution is 9.10. The summed E-state index contributed by atoms with van der Waals surface area (Å²) < 4.78 is 5.99. The van der Waals surface area contributed by atoms with Gasteiger partial charge in [-0.3, -0.25) is 14.5 Å². The maximum Gasteiger partial charge on any atom is 0.293 e. The highest BCUT2D eigenvalue weighted by Gasteiger charge is 2.35. The number of ether oxygens (including phenoxy) is 1. The number of methoxy groups -OCH3 is 1. The Bertz CT molecular complexity index is 864. The number of aromatic hydroxyl groups is 1. The average Bonchev–Trinajstić information content (AvgIpc) is 2.86. The second kappa shape index (κ2) is 7.33. The molecule has 25 heavy (non-hydrogen) atoms. The van der Waals surface area contributed by atoms with Crippen LogP contribution in [0.4, 0.5) is 4.79 Å². The molecular weight excluding hydrogens is 406 g/mol. The van der Waals surface area contributed by atoms with Crippen molar-refractivity contribution >= 4 is 44.9 Å². The Morgan fingerprint density at radius 1 is 1.20 bits per heavy atom. The maximum absolute atomic E-state index is 12.6. The normalized spacial score (nSPS) is 15.9. The molecule has 0 aliphatic carbocycles. The fourth-order valence-electron chi connectivity index (χ4n) is 2.37. The average molecular weight is 420 g/mol. The maximum atomic E-state index is 12.6. The summed E-state index contributed by atoms with van der Waals surface area (Å²) in [5.41, 5.74) is 1.28. The molecular formula is C18H14BrNO4S. The minimum atomic E-state index is -0.375. The Labute approximate surface area is 157 Å². The third kappa shape index (κ3) is 3.72. The zero-order valence-electron chi connectivity index (χ0n) is 13.2. The molecule has 128 valence electrons. The van der Waals surface area contributed by atoms with Gasteiger partial charge in [-0.1, -0.05) is 40.2 Å². The molecule has 2 aromatic carbocycles. The van der Waals surface area contributed by atoms with Crippen molar-refractivity contribution in [2.45, 2.75) is 6.54 Å². The van der Waals surface area contributed by atoms with Gasteiger partial charge in [-0.2, -0.15) is 0 Å². The highest BCUT2D eigenvalue weighted by Crippen LogP contribution is 2.37. The number of carbonyl (C=O) groups is 2. The van der Waals surface area contributed by atoms with Crippen molar-refractivity contribution in [2.75, 3.05) is 7.11 Å². The number of rotatable bonds is 4.